The molecule has 1 heterocycles. The maximum Gasteiger partial charge on any atom is 0.248 e. The SMILES string of the molecule is CC(=O)NC(C(=O)Nc1nc(C2CC2)cs1)C(C)C. The molecule has 0 saturated heterocycles. The van der Waals surface area contributed by atoms with Gasteiger partial charge in [0.15, 0.2) is 5.13 Å². The van der Waals surface area contributed by atoms with Crippen LogP contribution in [0.3, 0.4) is 0 Å². The van der Waals surface area contributed by atoms with Gasteiger partial charge in [0.05, 0.1) is 5.69 Å². The number of carbonyl (C=O) groups is 2. The first-order valence-electron chi connectivity index (χ1n) is 6.50. The number of nitrogens with one attached hydrogen (secondary N) is 2. The van der Waals surface area contributed by atoms with Gasteiger partial charge in [-0.15, -0.1) is 11.3 Å². The van der Waals surface area contributed by atoms with Crippen LogP contribution in [0.4, 0.5) is 5.13 Å². The topological polar surface area (TPSA) is 71.1 Å². The molecule has 6 heteroatoms. The third kappa shape index (κ3) is 3.76. The van der Waals surface area contributed by atoms with Crippen molar-refractivity contribution in [1.82, 2.24) is 10.3 Å². The fourth-order valence-electron chi connectivity index (χ4n) is 1.85. The van der Waals surface area contributed by atoms with Crippen LogP contribution in [-0.2, 0) is 9.59 Å². The average Bonchev–Trinajstić information content (AvgIpc) is 3.07. The summed E-state index contributed by atoms with van der Waals surface area (Å²) in [6.07, 6.45) is 2.38. The van der Waals surface area contributed by atoms with Gasteiger partial charge in [0, 0.05) is 18.2 Å². The van der Waals surface area contributed by atoms with Crippen molar-refractivity contribution < 1.29 is 9.59 Å². The molecule has 5 nitrogen and oxygen atoms in total. The molecule has 0 aromatic carbocycles. The van der Waals surface area contributed by atoms with E-state index in [4.69, 9.17) is 0 Å². The van der Waals surface area contributed by atoms with Gasteiger partial charge in [0.25, 0.3) is 0 Å². The van der Waals surface area contributed by atoms with Gasteiger partial charge in [-0.25, -0.2) is 4.98 Å². The van der Waals surface area contributed by atoms with Crippen LogP contribution in [0.15, 0.2) is 5.38 Å². The normalized spacial score (nSPS) is 16.2. The van der Waals surface area contributed by atoms with Crippen LogP contribution in [0.2, 0.25) is 0 Å². The summed E-state index contributed by atoms with van der Waals surface area (Å²) in [6.45, 7) is 5.21. The summed E-state index contributed by atoms with van der Waals surface area (Å²) in [5, 5.41) is 8.06. The molecule has 1 fully saturated rings. The molecule has 0 aliphatic heterocycles. The minimum atomic E-state index is -0.522. The highest BCUT2D eigenvalue weighted by Gasteiger charge is 2.27. The molecule has 1 unspecified atom stereocenters. The standard InChI is InChI=1S/C13H19N3O2S/c1-7(2)11(14-8(3)17)12(18)16-13-15-10(6-19-13)9-4-5-9/h6-7,9,11H,4-5H2,1-3H3,(H,14,17)(H,15,16,18). The number of carbonyl (C=O) groups excluding carboxylic acids is 2. The van der Waals surface area contributed by atoms with E-state index in [1.54, 1.807) is 0 Å². The minimum Gasteiger partial charge on any atom is -0.344 e. The number of anilines is 1. The predicted molar refractivity (Wildman–Crippen MR) is 75.2 cm³/mol. The molecular weight excluding hydrogens is 262 g/mol. The van der Waals surface area contributed by atoms with Crippen LogP contribution in [0.25, 0.3) is 0 Å². The maximum absolute atomic E-state index is 12.1. The lowest BCUT2D eigenvalue weighted by Crippen LogP contribution is -2.46. The summed E-state index contributed by atoms with van der Waals surface area (Å²) in [4.78, 5) is 27.6. The molecule has 0 radical (unpaired) electrons. The third-order valence-electron chi connectivity index (χ3n) is 3.06. The van der Waals surface area contributed by atoms with Gasteiger partial charge >= 0.3 is 0 Å². The average molecular weight is 281 g/mol. The number of hydrogen-bond donors (Lipinski definition) is 2. The summed E-state index contributed by atoms with van der Waals surface area (Å²) < 4.78 is 0. The second kappa shape index (κ2) is 5.69. The first-order valence-corrected chi connectivity index (χ1v) is 7.38. The van der Waals surface area contributed by atoms with Crippen LogP contribution < -0.4 is 10.6 Å². The number of thiazole rings is 1. The zero-order valence-corrected chi connectivity index (χ0v) is 12.2. The molecule has 1 aromatic rings. The summed E-state index contributed by atoms with van der Waals surface area (Å²) in [5.41, 5.74) is 1.07. The van der Waals surface area contributed by atoms with Crippen molar-refractivity contribution in [2.24, 2.45) is 5.92 Å². The number of amides is 2. The Morgan fingerprint density at radius 1 is 1.42 bits per heavy atom. The van der Waals surface area contributed by atoms with Crippen LogP contribution in [0.1, 0.15) is 45.2 Å². The smallest absolute Gasteiger partial charge is 0.248 e. The van der Waals surface area contributed by atoms with Gasteiger partial charge in [-0.1, -0.05) is 13.8 Å². The lowest BCUT2D eigenvalue weighted by molar-refractivity contribution is -0.126. The van der Waals surface area contributed by atoms with E-state index in [2.05, 4.69) is 15.6 Å². The largest absolute Gasteiger partial charge is 0.344 e. The fourth-order valence-corrected chi connectivity index (χ4v) is 2.64. The van der Waals surface area contributed by atoms with Crippen LogP contribution >= 0.6 is 11.3 Å². The van der Waals surface area contributed by atoms with Gasteiger partial charge in [-0.05, 0) is 18.8 Å². The van der Waals surface area contributed by atoms with Crippen molar-refractivity contribution in [3.05, 3.63) is 11.1 Å². The fraction of sp³-hybridized carbons (Fsp3) is 0.615. The molecule has 1 aromatic heterocycles. The van der Waals surface area contributed by atoms with Gasteiger partial charge in [-0.3, -0.25) is 9.59 Å². The molecule has 1 aliphatic rings. The Hall–Kier alpha value is -1.43. The molecular formula is C13H19N3O2S. The Balaban J connectivity index is 1.98. The first-order chi connectivity index (χ1) is 8.97. The number of nitrogens with zero attached hydrogens (tertiary/aromatic N) is 1. The lowest BCUT2D eigenvalue weighted by atomic mass is 10.0. The molecule has 0 bridgehead atoms. The van der Waals surface area contributed by atoms with Crippen molar-refractivity contribution in [2.45, 2.75) is 45.6 Å². The van der Waals surface area contributed by atoms with E-state index in [1.165, 1.54) is 31.1 Å². The zero-order valence-electron chi connectivity index (χ0n) is 11.4. The van der Waals surface area contributed by atoms with Crippen LogP contribution in [0.5, 0.6) is 0 Å². The van der Waals surface area contributed by atoms with E-state index in [1.807, 2.05) is 19.2 Å². The van der Waals surface area contributed by atoms with Crippen LogP contribution in [-0.4, -0.2) is 22.8 Å². The zero-order chi connectivity index (χ0) is 14.0. The number of hydrogen-bond acceptors (Lipinski definition) is 4. The quantitative estimate of drug-likeness (QED) is 0.868. The Morgan fingerprint density at radius 3 is 2.63 bits per heavy atom. The van der Waals surface area contributed by atoms with Gasteiger partial charge in [0.1, 0.15) is 6.04 Å². The summed E-state index contributed by atoms with van der Waals surface area (Å²) in [5.74, 6) is 0.207. The van der Waals surface area contributed by atoms with Crippen molar-refractivity contribution >= 4 is 28.3 Å². The Bertz CT molecular complexity index is 480. The van der Waals surface area contributed by atoms with Gasteiger partial charge in [-0.2, -0.15) is 0 Å². The highest BCUT2D eigenvalue weighted by atomic mass is 32.1. The molecule has 1 atom stereocenters. The van der Waals surface area contributed by atoms with Crippen molar-refractivity contribution in [2.75, 3.05) is 5.32 Å². The van der Waals surface area contributed by atoms with Crippen molar-refractivity contribution in [3.8, 4) is 0 Å². The van der Waals surface area contributed by atoms with E-state index < -0.39 is 6.04 Å². The number of aromatic nitrogens is 1. The van der Waals surface area contributed by atoms with E-state index in [9.17, 15) is 9.59 Å². The summed E-state index contributed by atoms with van der Waals surface area (Å²) >= 11 is 1.44. The van der Waals surface area contributed by atoms with Gasteiger partial charge < -0.3 is 10.6 Å². The van der Waals surface area contributed by atoms with E-state index in [-0.39, 0.29) is 17.7 Å². The predicted octanol–water partition coefficient (Wildman–Crippen LogP) is 2.12. The highest BCUT2D eigenvalue weighted by Crippen LogP contribution is 2.40. The first kappa shape index (κ1) is 14.0. The van der Waals surface area contributed by atoms with Crippen molar-refractivity contribution in [1.29, 1.82) is 0 Å². The van der Waals surface area contributed by atoms with Crippen LogP contribution in [0, 0.1) is 5.92 Å². The Kier molecular flexibility index (Phi) is 4.19. The molecule has 2 N–H and O–H groups in total. The molecule has 104 valence electrons. The summed E-state index contributed by atoms with van der Waals surface area (Å²) in [6, 6.07) is -0.522. The van der Waals surface area contributed by atoms with E-state index >= 15 is 0 Å². The second-order valence-electron chi connectivity index (χ2n) is 5.26. The minimum absolute atomic E-state index is 0.0340. The monoisotopic (exact) mass is 281 g/mol. The van der Waals surface area contributed by atoms with E-state index in [0.717, 1.165) is 5.69 Å². The Labute approximate surface area is 116 Å². The Morgan fingerprint density at radius 2 is 2.11 bits per heavy atom. The molecule has 1 saturated carbocycles. The second-order valence-corrected chi connectivity index (χ2v) is 6.12. The molecule has 2 amide bonds. The molecule has 2 rings (SSSR count). The van der Waals surface area contributed by atoms with Gasteiger partial charge in [0.2, 0.25) is 11.8 Å². The number of rotatable bonds is 5. The third-order valence-corrected chi connectivity index (χ3v) is 3.83. The lowest BCUT2D eigenvalue weighted by Gasteiger charge is -2.20. The molecule has 1 aliphatic carbocycles. The van der Waals surface area contributed by atoms with Crippen molar-refractivity contribution in [3.63, 3.8) is 0 Å². The summed E-state index contributed by atoms with van der Waals surface area (Å²) in [7, 11) is 0. The van der Waals surface area contributed by atoms with E-state index in [0.29, 0.717) is 11.0 Å². The maximum atomic E-state index is 12.1. The molecule has 0 spiro atoms. The highest BCUT2D eigenvalue weighted by molar-refractivity contribution is 7.13. The molecule has 19 heavy (non-hydrogen) atoms.